The first kappa shape index (κ1) is 11.8. The van der Waals surface area contributed by atoms with Crippen molar-refractivity contribution in [1.82, 2.24) is 5.32 Å². The van der Waals surface area contributed by atoms with Crippen molar-refractivity contribution in [3.05, 3.63) is 29.3 Å². The maximum Gasteiger partial charge on any atom is 0.120 e. The highest BCUT2D eigenvalue weighted by Crippen LogP contribution is 2.20. The quantitative estimate of drug-likeness (QED) is 0.848. The second kappa shape index (κ2) is 5.60. The lowest BCUT2D eigenvalue weighted by atomic mass is 10.1. The second-order valence-electron chi connectivity index (χ2n) is 4.40. The molecule has 1 aromatic carbocycles. The van der Waals surface area contributed by atoms with E-state index >= 15 is 0 Å². The van der Waals surface area contributed by atoms with E-state index < -0.39 is 0 Å². The molecule has 3 heteroatoms. The smallest absolute Gasteiger partial charge is 0.120 e. The van der Waals surface area contributed by atoms with Crippen LogP contribution in [0.4, 0.5) is 0 Å². The number of hydrogen-bond donors (Lipinski definition) is 2. The molecule has 0 radical (unpaired) electrons. The Bertz CT molecular complexity index is 348. The maximum absolute atomic E-state index is 9.72. The molecule has 1 fully saturated rings. The minimum Gasteiger partial charge on any atom is -0.508 e. The summed E-state index contributed by atoms with van der Waals surface area (Å²) < 4.78 is 0. The van der Waals surface area contributed by atoms with Gasteiger partial charge in [0.05, 0.1) is 0 Å². The van der Waals surface area contributed by atoms with Gasteiger partial charge in [-0.3, -0.25) is 0 Å². The fourth-order valence-corrected chi connectivity index (χ4v) is 3.12. The highest BCUT2D eigenvalue weighted by Gasteiger charge is 2.13. The minimum atomic E-state index is 0.406. The molecule has 0 aliphatic carbocycles. The number of hydrogen-bond acceptors (Lipinski definition) is 3. The fraction of sp³-hybridized carbons (Fsp3) is 0.538. The second-order valence-corrected chi connectivity index (χ2v) is 5.62. The molecule has 0 aromatic heterocycles. The first-order valence-electron chi connectivity index (χ1n) is 5.85. The van der Waals surface area contributed by atoms with Gasteiger partial charge in [-0.05, 0) is 37.3 Å². The fourth-order valence-electron chi connectivity index (χ4n) is 2.01. The number of nitrogens with one attached hydrogen (secondary N) is 1. The predicted molar refractivity (Wildman–Crippen MR) is 70.0 cm³/mol. The van der Waals surface area contributed by atoms with E-state index in [0.717, 1.165) is 12.1 Å². The number of rotatable bonds is 3. The molecule has 1 saturated heterocycles. The van der Waals surface area contributed by atoms with Gasteiger partial charge in [0.1, 0.15) is 5.75 Å². The first-order chi connectivity index (χ1) is 7.75. The van der Waals surface area contributed by atoms with E-state index in [4.69, 9.17) is 0 Å². The van der Waals surface area contributed by atoms with Gasteiger partial charge in [0.25, 0.3) is 0 Å². The zero-order valence-electron chi connectivity index (χ0n) is 9.70. The van der Waals surface area contributed by atoms with Crippen LogP contribution in [0.3, 0.4) is 0 Å². The molecular weight excluding hydrogens is 218 g/mol. The first-order valence-corrected chi connectivity index (χ1v) is 7.01. The molecule has 16 heavy (non-hydrogen) atoms. The van der Waals surface area contributed by atoms with Crippen molar-refractivity contribution in [3.63, 3.8) is 0 Å². The summed E-state index contributed by atoms with van der Waals surface area (Å²) in [5, 5.41) is 13.3. The molecule has 0 amide bonds. The van der Waals surface area contributed by atoms with E-state index in [1.54, 1.807) is 6.07 Å². The minimum absolute atomic E-state index is 0.406. The Morgan fingerprint density at radius 2 is 2.12 bits per heavy atom. The third-order valence-electron chi connectivity index (χ3n) is 3.04. The van der Waals surface area contributed by atoms with Crippen LogP contribution in [-0.2, 0) is 6.54 Å². The molecule has 0 bridgehead atoms. The zero-order chi connectivity index (χ0) is 11.4. The Kier molecular flexibility index (Phi) is 4.13. The van der Waals surface area contributed by atoms with Crippen LogP contribution in [0.15, 0.2) is 18.2 Å². The molecule has 88 valence electrons. The summed E-state index contributed by atoms with van der Waals surface area (Å²) in [6, 6.07) is 6.40. The highest BCUT2D eigenvalue weighted by molar-refractivity contribution is 7.99. The van der Waals surface area contributed by atoms with Crippen LogP contribution >= 0.6 is 11.8 Å². The lowest BCUT2D eigenvalue weighted by Crippen LogP contribution is -2.32. The third-order valence-corrected chi connectivity index (χ3v) is 4.09. The van der Waals surface area contributed by atoms with Crippen LogP contribution in [0.5, 0.6) is 5.75 Å². The standard InChI is InChI=1S/C13H19NOS/c1-10-2-3-13(15)11(8-10)9-14-12-4-6-16-7-5-12/h2-3,8,12,14-15H,4-7,9H2,1H3. The molecule has 0 unspecified atom stereocenters. The number of thioether (sulfide) groups is 1. The van der Waals surface area contributed by atoms with Gasteiger partial charge in [-0.25, -0.2) is 0 Å². The van der Waals surface area contributed by atoms with Crippen molar-refractivity contribution in [1.29, 1.82) is 0 Å². The monoisotopic (exact) mass is 237 g/mol. The Hall–Kier alpha value is -0.670. The van der Waals surface area contributed by atoms with Crippen molar-refractivity contribution in [2.75, 3.05) is 11.5 Å². The molecule has 2 nitrogen and oxygen atoms in total. The molecule has 2 rings (SSSR count). The third kappa shape index (κ3) is 3.16. The lowest BCUT2D eigenvalue weighted by molar-refractivity contribution is 0.447. The molecule has 1 aliphatic rings. The highest BCUT2D eigenvalue weighted by atomic mass is 32.2. The van der Waals surface area contributed by atoms with E-state index in [9.17, 15) is 5.11 Å². The Balaban J connectivity index is 1.90. The molecule has 0 spiro atoms. The summed E-state index contributed by atoms with van der Waals surface area (Å²) in [4.78, 5) is 0. The van der Waals surface area contributed by atoms with Gasteiger partial charge in [-0.15, -0.1) is 0 Å². The van der Waals surface area contributed by atoms with Crippen molar-refractivity contribution < 1.29 is 5.11 Å². The van der Waals surface area contributed by atoms with Gasteiger partial charge >= 0.3 is 0 Å². The summed E-state index contributed by atoms with van der Waals surface area (Å²) in [5.74, 6) is 2.93. The van der Waals surface area contributed by atoms with Crippen LogP contribution in [0.2, 0.25) is 0 Å². The summed E-state index contributed by atoms with van der Waals surface area (Å²) in [6.07, 6.45) is 2.49. The van der Waals surface area contributed by atoms with Crippen molar-refractivity contribution in [2.24, 2.45) is 0 Å². The van der Waals surface area contributed by atoms with E-state index in [0.29, 0.717) is 11.8 Å². The van der Waals surface area contributed by atoms with E-state index in [-0.39, 0.29) is 0 Å². The summed E-state index contributed by atoms with van der Waals surface area (Å²) in [5.41, 5.74) is 2.21. The van der Waals surface area contributed by atoms with Crippen LogP contribution in [0, 0.1) is 6.92 Å². The zero-order valence-corrected chi connectivity index (χ0v) is 10.5. The molecule has 0 atom stereocenters. The molecule has 2 N–H and O–H groups in total. The molecule has 0 saturated carbocycles. The van der Waals surface area contributed by atoms with Gasteiger partial charge in [0, 0.05) is 18.2 Å². The Morgan fingerprint density at radius 3 is 2.88 bits per heavy atom. The number of aromatic hydroxyl groups is 1. The summed E-state index contributed by atoms with van der Waals surface area (Å²) >= 11 is 2.04. The lowest BCUT2D eigenvalue weighted by Gasteiger charge is -2.22. The van der Waals surface area contributed by atoms with Gasteiger partial charge in [-0.2, -0.15) is 11.8 Å². The van der Waals surface area contributed by atoms with E-state index in [1.807, 2.05) is 17.8 Å². The number of aryl methyl sites for hydroxylation is 1. The van der Waals surface area contributed by atoms with Crippen molar-refractivity contribution in [2.45, 2.75) is 32.4 Å². The predicted octanol–water partition coefficient (Wildman–Crippen LogP) is 2.69. The number of phenolic OH excluding ortho intramolecular Hbond substituents is 1. The average Bonchev–Trinajstić information content (AvgIpc) is 2.32. The topological polar surface area (TPSA) is 32.3 Å². The number of benzene rings is 1. The van der Waals surface area contributed by atoms with Crippen molar-refractivity contribution in [3.8, 4) is 5.75 Å². The normalized spacial score (nSPS) is 17.6. The van der Waals surface area contributed by atoms with Gasteiger partial charge in [0.2, 0.25) is 0 Å². The molecule has 1 aliphatic heterocycles. The van der Waals surface area contributed by atoms with Crippen LogP contribution in [0.25, 0.3) is 0 Å². The summed E-state index contributed by atoms with van der Waals surface area (Å²) in [7, 11) is 0. The van der Waals surface area contributed by atoms with Crippen LogP contribution in [0.1, 0.15) is 24.0 Å². The van der Waals surface area contributed by atoms with Crippen LogP contribution in [-0.4, -0.2) is 22.7 Å². The molecule has 1 heterocycles. The summed E-state index contributed by atoms with van der Waals surface area (Å²) in [6.45, 7) is 2.84. The van der Waals surface area contributed by atoms with E-state index in [2.05, 4.69) is 18.3 Å². The van der Waals surface area contributed by atoms with Gasteiger partial charge in [0.15, 0.2) is 0 Å². The van der Waals surface area contributed by atoms with E-state index in [1.165, 1.54) is 29.9 Å². The van der Waals surface area contributed by atoms with Crippen molar-refractivity contribution >= 4 is 11.8 Å². The Labute approximate surface area is 101 Å². The molecular formula is C13H19NOS. The number of phenols is 1. The van der Waals surface area contributed by atoms with Gasteiger partial charge < -0.3 is 10.4 Å². The Morgan fingerprint density at radius 1 is 1.38 bits per heavy atom. The molecule has 1 aromatic rings. The largest absolute Gasteiger partial charge is 0.508 e. The van der Waals surface area contributed by atoms with Crippen LogP contribution < -0.4 is 5.32 Å². The SMILES string of the molecule is Cc1ccc(O)c(CNC2CCSCC2)c1. The van der Waals surface area contributed by atoms with Gasteiger partial charge in [-0.1, -0.05) is 17.7 Å². The average molecular weight is 237 g/mol. The maximum atomic E-state index is 9.72.